The van der Waals surface area contributed by atoms with Gasteiger partial charge >= 0.3 is 5.97 Å². The summed E-state index contributed by atoms with van der Waals surface area (Å²) in [6.45, 7) is 3.44. The van der Waals surface area contributed by atoms with E-state index in [-0.39, 0.29) is 12.5 Å². The van der Waals surface area contributed by atoms with E-state index in [1.165, 1.54) is 12.0 Å². The van der Waals surface area contributed by atoms with Crippen LogP contribution in [0.15, 0.2) is 12.5 Å². The number of nitrogens with zero attached hydrogens (tertiary/aromatic N) is 3. The van der Waals surface area contributed by atoms with Gasteiger partial charge in [-0.2, -0.15) is 0 Å². The molecule has 0 unspecified atom stereocenters. The summed E-state index contributed by atoms with van der Waals surface area (Å²) >= 11 is 0. The number of esters is 1. The highest BCUT2D eigenvalue weighted by molar-refractivity contribution is 5.94. The molecule has 0 radical (unpaired) electrons. The highest BCUT2D eigenvalue weighted by Crippen LogP contribution is 2.04. The number of hydrogen-bond acceptors (Lipinski definition) is 5. The lowest BCUT2D eigenvalue weighted by atomic mass is 10.3. The molecule has 0 saturated heterocycles. The predicted molar refractivity (Wildman–Crippen MR) is 69.5 cm³/mol. The van der Waals surface area contributed by atoms with Crippen molar-refractivity contribution in [1.82, 2.24) is 14.5 Å². The highest BCUT2D eigenvalue weighted by atomic mass is 16.5. The van der Waals surface area contributed by atoms with Crippen LogP contribution in [0.4, 0.5) is 0 Å². The molecule has 1 rings (SSSR count). The average molecular weight is 268 g/mol. The van der Waals surface area contributed by atoms with Crippen LogP contribution in [0.2, 0.25) is 0 Å². The second-order valence-electron chi connectivity index (χ2n) is 4.09. The first kappa shape index (κ1) is 15.2. The van der Waals surface area contributed by atoms with Crippen LogP contribution < -0.4 is 5.73 Å². The molecule has 0 fully saturated rings. The largest absolute Gasteiger partial charge is 0.468 e. The van der Waals surface area contributed by atoms with Gasteiger partial charge in [-0.05, 0) is 6.42 Å². The molecule has 0 aliphatic rings. The third-order valence-corrected chi connectivity index (χ3v) is 2.57. The van der Waals surface area contributed by atoms with Crippen molar-refractivity contribution in [3.05, 3.63) is 18.2 Å². The van der Waals surface area contributed by atoms with Crippen molar-refractivity contribution in [2.45, 2.75) is 19.9 Å². The van der Waals surface area contributed by atoms with Crippen LogP contribution in [0, 0.1) is 0 Å². The number of nitrogens with two attached hydrogens (primary N) is 1. The number of carbonyl (C=O) groups is 2. The average Bonchev–Trinajstić information content (AvgIpc) is 2.86. The molecule has 1 heterocycles. The fourth-order valence-electron chi connectivity index (χ4n) is 1.65. The zero-order valence-electron chi connectivity index (χ0n) is 11.3. The Morgan fingerprint density at radius 1 is 1.53 bits per heavy atom. The van der Waals surface area contributed by atoms with Crippen molar-refractivity contribution in [3.8, 4) is 0 Å². The fourth-order valence-corrected chi connectivity index (χ4v) is 1.65. The van der Waals surface area contributed by atoms with Crippen LogP contribution >= 0.6 is 0 Å². The summed E-state index contributed by atoms with van der Waals surface area (Å²) in [4.78, 5) is 29.0. The van der Waals surface area contributed by atoms with Crippen LogP contribution in [0.1, 0.15) is 23.8 Å². The van der Waals surface area contributed by atoms with E-state index < -0.39 is 5.97 Å². The van der Waals surface area contributed by atoms with E-state index in [9.17, 15) is 9.59 Å². The molecule has 1 aromatic heterocycles. The van der Waals surface area contributed by atoms with Crippen LogP contribution in [-0.2, 0) is 16.1 Å². The number of imidazole rings is 1. The van der Waals surface area contributed by atoms with Gasteiger partial charge in [0.1, 0.15) is 12.2 Å². The maximum atomic E-state index is 12.2. The Bertz CT molecular complexity index is 430. The van der Waals surface area contributed by atoms with E-state index in [0.29, 0.717) is 25.3 Å². The molecular weight excluding hydrogens is 248 g/mol. The Morgan fingerprint density at radius 2 is 2.26 bits per heavy atom. The van der Waals surface area contributed by atoms with Gasteiger partial charge in [0.15, 0.2) is 0 Å². The number of carbonyl (C=O) groups excluding carboxylic acids is 2. The molecule has 7 heteroatoms. The number of amides is 1. The van der Waals surface area contributed by atoms with Gasteiger partial charge < -0.3 is 19.9 Å². The number of hydrogen-bond donors (Lipinski definition) is 1. The summed E-state index contributed by atoms with van der Waals surface area (Å²) in [5, 5.41) is 0. The summed E-state index contributed by atoms with van der Waals surface area (Å²) < 4.78 is 6.33. The first-order valence-electron chi connectivity index (χ1n) is 6.20. The minimum absolute atomic E-state index is 0.0626. The molecular formula is C12H20N4O3. The molecule has 106 valence electrons. The highest BCUT2D eigenvalue weighted by Gasteiger charge is 2.20. The first-order chi connectivity index (χ1) is 9.12. The Hall–Kier alpha value is -1.89. The Balaban J connectivity index is 2.76. The molecule has 7 nitrogen and oxygen atoms in total. The van der Waals surface area contributed by atoms with Crippen molar-refractivity contribution >= 4 is 11.9 Å². The monoisotopic (exact) mass is 268 g/mol. The molecule has 2 N–H and O–H groups in total. The topological polar surface area (TPSA) is 90.5 Å². The van der Waals surface area contributed by atoms with Crippen molar-refractivity contribution in [2.75, 3.05) is 26.7 Å². The molecule has 0 bridgehead atoms. The number of ether oxygens (including phenoxy) is 1. The molecule has 0 atom stereocenters. The summed E-state index contributed by atoms with van der Waals surface area (Å²) in [6.07, 6.45) is 3.95. The van der Waals surface area contributed by atoms with Crippen molar-refractivity contribution in [1.29, 1.82) is 0 Å². The zero-order valence-corrected chi connectivity index (χ0v) is 11.3. The number of rotatable bonds is 7. The summed E-state index contributed by atoms with van der Waals surface area (Å²) in [6, 6.07) is 0. The predicted octanol–water partition coefficient (Wildman–Crippen LogP) is -0.133. The van der Waals surface area contributed by atoms with E-state index in [4.69, 9.17) is 5.73 Å². The third kappa shape index (κ3) is 4.36. The molecule has 0 aliphatic heterocycles. The van der Waals surface area contributed by atoms with Gasteiger partial charge in [0.25, 0.3) is 5.91 Å². The molecule has 1 aromatic rings. The summed E-state index contributed by atoms with van der Waals surface area (Å²) in [7, 11) is 1.30. The van der Waals surface area contributed by atoms with Gasteiger partial charge in [-0.1, -0.05) is 6.92 Å². The molecule has 0 saturated carbocycles. The van der Waals surface area contributed by atoms with E-state index in [1.54, 1.807) is 17.1 Å². The van der Waals surface area contributed by atoms with Gasteiger partial charge in [0.2, 0.25) is 0 Å². The van der Waals surface area contributed by atoms with Gasteiger partial charge in [-0.3, -0.25) is 9.59 Å². The van der Waals surface area contributed by atoms with Gasteiger partial charge in [0.05, 0.1) is 13.4 Å². The van der Waals surface area contributed by atoms with Crippen molar-refractivity contribution in [2.24, 2.45) is 5.73 Å². The van der Waals surface area contributed by atoms with Gasteiger partial charge in [-0.25, -0.2) is 4.98 Å². The quantitative estimate of drug-likeness (QED) is 0.695. The normalized spacial score (nSPS) is 10.3. The van der Waals surface area contributed by atoms with E-state index >= 15 is 0 Å². The smallest absolute Gasteiger partial charge is 0.325 e. The van der Waals surface area contributed by atoms with Crippen molar-refractivity contribution < 1.29 is 14.3 Å². The van der Waals surface area contributed by atoms with Crippen LogP contribution in [0.3, 0.4) is 0 Å². The molecule has 19 heavy (non-hydrogen) atoms. The number of methoxy groups -OCH3 is 1. The first-order valence-corrected chi connectivity index (χ1v) is 6.20. The minimum Gasteiger partial charge on any atom is -0.468 e. The molecule has 0 aliphatic carbocycles. The van der Waals surface area contributed by atoms with Crippen molar-refractivity contribution in [3.63, 3.8) is 0 Å². The Labute approximate surface area is 112 Å². The lowest BCUT2D eigenvalue weighted by Crippen LogP contribution is -2.37. The summed E-state index contributed by atoms with van der Waals surface area (Å²) in [5.74, 6) is -0.716. The minimum atomic E-state index is -0.441. The SMILES string of the molecule is CCCN(CC(=O)OC)C(=O)c1cn(CCN)cn1. The number of aromatic nitrogens is 2. The van der Waals surface area contributed by atoms with Crippen LogP contribution in [0.25, 0.3) is 0 Å². The van der Waals surface area contributed by atoms with E-state index in [1.807, 2.05) is 6.92 Å². The maximum Gasteiger partial charge on any atom is 0.325 e. The standard InChI is InChI=1S/C12H20N4O3/c1-3-5-16(8-11(17)19-2)12(18)10-7-15(6-4-13)9-14-10/h7,9H,3-6,8,13H2,1-2H3. The van der Waals surface area contributed by atoms with E-state index in [0.717, 1.165) is 6.42 Å². The third-order valence-electron chi connectivity index (χ3n) is 2.57. The Morgan fingerprint density at radius 3 is 2.84 bits per heavy atom. The molecule has 0 aromatic carbocycles. The fraction of sp³-hybridized carbons (Fsp3) is 0.583. The van der Waals surface area contributed by atoms with Crippen LogP contribution in [-0.4, -0.2) is 53.1 Å². The summed E-state index contributed by atoms with van der Waals surface area (Å²) in [5.41, 5.74) is 5.74. The van der Waals surface area contributed by atoms with Gasteiger partial charge in [-0.15, -0.1) is 0 Å². The molecule has 1 amide bonds. The second kappa shape index (κ2) is 7.52. The van der Waals surface area contributed by atoms with Gasteiger partial charge in [0, 0.05) is 25.8 Å². The Kier molecular flexibility index (Phi) is 6.01. The van der Waals surface area contributed by atoms with Crippen LogP contribution in [0.5, 0.6) is 0 Å². The lowest BCUT2D eigenvalue weighted by molar-refractivity contribution is -0.141. The zero-order chi connectivity index (χ0) is 14.3. The van der Waals surface area contributed by atoms with E-state index in [2.05, 4.69) is 9.72 Å². The lowest BCUT2D eigenvalue weighted by Gasteiger charge is -2.19. The molecule has 0 spiro atoms. The second-order valence-corrected chi connectivity index (χ2v) is 4.09. The maximum absolute atomic E-state index is 12.2.